The zero-order valence-corrected chi connectivity index (χ0v) is 15.1. The number of halogens is 2. The molecule has 2 aromatic rings. The number of amides is 2. The molecular formula is C17H14BrClN2O3. The number of carbonyl (C=O) groups is 2. The zero-order chi connectivity index (χ0) is 17.3. The molecule has 1 N–H and O–H groups in total. The second-order valence-corrected chi connectivity index (χ2v) is 6.64. The van der Waals surface area contributed by atoms with E-state index in [1.54, 1.807) is 42.5 Å². The van der Waals surface area contributed by atoms with Gasteiger partial charge in [-0.1, -0.05) is 27.5 Å². The highest BCUT2D eigenvalue weighted by molar-refractivity contribution is 9.10. The number of benzene rings is 2. The summed E-state index contributed by atoms with van der Waals surface area (Å²) in [6.45, 7) is 0. The highest BCUT2D eigenvalue weighted by atomic mass is 79.9. The van der Waals surface area contributed by atoms with Crippen molar-refractivity contribution in [3.63, 3.8) is 0 Å². The van der Waals surface area contributed by atoms with Crippen molar-refractivity contribution >= 4 is 50.7 Å². The van der Waals surface area contributed by atoms with Crippen LogP contribution in [-0.4, -0.2) is 25.0 Å². The van der Waals surface area contributed by atoms with E-state index in [1.165, 1.54) is 12.0 Å². The Bertz CT molecular complexity index is 795. The SMILES string of the molecule is COc1ccc(Cl)cc1N[C@@H]1CC(=O)N(c2ccc(Br)cc2)C1=O. The van der Waals surface area contributed by atoms with Gasteiger partial charge in [-0.3, -0.25) is 9.59 Å². The maximum Gasteiger partial charge on any atom is 0.256 e. The zero-order valence-electron chi connectivity index (χ0n) is 12.8. The summed E-state index contributed by atoms with van der Waals surface area (Å²) >= 11 is 9.34. The van der Waals surface area contributed by atoms with Gasteiger partial charge in [0.25, 0.3) is 5.91 Å². The first-order chi connectivity index (χ1) is 11.5. The minimum absolute atomic E-state index is 0.0740. The van der Waals surface area contributed by atoms with Crippen LogP contribution in [-0.2, 0) is 9.59 Å². The second kappa shape index (κ2) is 6.83. The molecule has 7 heteroatoms. The standard InChI is InChI=1S/C17H14BrClN2O3/c1-24-15-7-4-11(19)8-13(15)20-14-9-16(22)21(17(14)23)12-5-2-10(18)3-6-12/h2-8,14,20H,9H2,1H3/t14-/m1/s1. The van der Waals surface area contributed by atoms with Gasteiger partial charge in [-0.15, -0.1) is 0 Å². The van der Waals surface area contributed by atoms with E-state index in [9.17, 15) is 9.59 Å². The maximum atomic E-state index is 12.6. The topological polar surface area (TPSA) is 58.6 Å². The summed E-state index contributed by atoms with van der Waals surface area (Å²) in [5.74, 6) is 0.00640. The number of hydrogen-bond donors (Lipinski definition) is 1. The maximum absolute atomic E-state index is 12.6. The lowest BCUT2D eigenvalue weighted by molar-refractivity contribution is -0.121. The molecule has 0 radical (unpaired) electrons. The van der Waals surface area contributed by atoms with Crippen molar-refractivity contribution in [2.45, 2.75) is 12.5 Å². The molecule has 5 nitrogen and oxygen atoms in total. The van der Waals surface area contributed by atoms with E-state index in [2.05, 4.69) is 21.2 Å². The minimum Gasteiger partial charge on any atom is -0.495 e. The van der Waals surface area contributed by atoms with Crippen LogP contribution >= 0.6 is 27.5 Å². The van der Waals surface area contributed by atoms with Gasteiger partial charge in [0.15, 0.2) is 0 Å². The molecule has 1 aliphatic heterocycles. The summed E-state index contributed by atoms with van der Waals surface area (Å²) in [5, 5.41) is 3.58. The predicted molar refractivity (Wildman–Crippen MR) is 96.7 cm³/mol. The molecule has 0 bridgehead atoms. The minimum atomic E-state index is -0.659. The number of rotatable bonds is 4. The molecule has 1 heterocycles. The van der Waals surface area contributed by atoms with Crippen LogP contribution in [0.1, 0.15) is 6.42 Å². The van der Waals surface area contributed by atoms with Crippen molar-refractivity contribution in [3.05, 3.63) is 52.0 Å². The number of hydrogen-bond acceptors (Lipinski definition) is 4. The monoisotopic (exact) mass is 408 g/mol. The normalized spacial score (nSPS) is 17.3. The summed E-state index contributed by atoms with van der Waals surface area (Å²) < 4.78 is 6.14. The molecule has 1 aliphatic rings. The number of anilines is 2. The van der Waals surface area contributed by atoms with Gasteiger partial charge in [0.2, 0.25) is 5.91 Å². The van der Waals surface area contributed by atoms with Crippen LogP contribution < -0.4 is 15.0 Å². The van der Waals surface area contributed by atoms with E-state index in [4.69, 9.17) is 16.3 Å². The Kier molecular flexibility index (Phi) is 4.78. The molecule has 0 unspecified atom stereocenters. The molecule has 0 spiro atoms. The van der Waals surface area contributed by atoms with Gasteiger partial charge in [0.1, 0.15) is 11.8 Å². The van der Waals surface area contributed by atoms with Gasteiger partial charge in [-0.05, 0) is 42.5 Å². The van der Waals surface area contributed by atoms with Crippen LogP contribution in [0.25, 0.3) is 0 Å². The van der Waals surface area contributed by atoms with Crippen molar-refractivity contribution in [1.29, 1.82) is 0 Å². The Morgan fingerprint density at radius 1 is 1.21 bits per heavy atom. The van der Waals surface area contributed by atoms with Crippen molar-refractivity contribution in [2.24, 2.45) is 0 Å². The van der Waals surface area contributed by atoms with Crippen LogP contribution in [0.2, 0.25) is 5.02 Å². The van der Waals surface area contributed by atoms with Crippen LogP contribution in [0.15, 0.2) is 46.9 Å². The average Bonchev–Trinajstić information content (AvgIpc) is 2.83. The number of nitrogens with zero attached hydrogens (tertiary/aromatic N) is 1. The summed E-state index contributed by atoms with van der Waals surface area (Å²) in [5.41, 5.74) is 1.13. The molecule has 2 aromatic carbocycles. The van der Waals surface area contributed by atoms with Crippen LogP contribution in [0.3, 0.4) is 0 Å². The Morgan fingerprint density at radius 3 is 2.58 bits per heavy atom. The van der Waals surface area contributed by atoms with Gasteiger partial charge in [-0.2, -0.15) is 0 Å². The predicted octanol–water partition coefficient (Wildman–Crippen LogP) is 3.86. The number of imide groups is 1. The van der Waals surface area contributed by atoms with Crippen molar-refractivity contribution in [3.8, 4) is 5.75 Å². The van der Waals surface area contributed by atoms with Gasteiger partial charge >= 0.3 is 0 Å². The summed E-state index contributed by atoms with van der Waals surface area (Å²) in [7, 11) is 1.53. The average molecular weight is 410 g/mol. The van der Waals surface area contributed by atoms with E-state index in [-0.39, 0.29) is 18.2 Å². The fraction of sp³-hybridized carbons (Fsp3) is 0.176. The Labute approximate surface area is 152 Å². The van der Waals surface area contributed by atoms with Crippen molar-refractivity contribution < 1.29 is 14.3 Å². The van der Waals surface area contributed by atoms with Gasteiger partial charge in [-0.25, -0.2) is 4.90 Å². The molecule has 24 heavy (non-hydrogen) atoms. The molecule has 1 atom stereocenters. The van der Waals surface area contributed by atoms with Gasteiger partial charge in [0.05, 0.1) is 24.9 Å². The fourth-order valence-electron chi connectivity index (χ4n) is 2.59. The van der Waals surface area contributed by atoms with E-state index in [0.29, 0.717) is 22.1 Å². The van der Waals surface area contributed by atoms with Gasteiger partial charge < -0.3 is 10.1 Å². The van der Waals surface area contributed by atoms with E-state index >= 15 is 0 Å². The van der Waals surface area contributed by atoms with Crippen LogP contribution in [0.4, 0.5) is 11.4 Å². The number of carbonyl (C=O) groups excluding carboxylic acids is 2. The van der Waals surface area contributed by atoms with E-state index in [0.717, 1.165) is 4.47 Å². The fourth-order valence-corrected chi connectivity index (χ4v) is 3.02. The lowest BCUT2D eigenvalue weighted by Crippen LogP contribution is -2.34. The number of nitrogens with one attached hydrogen (secondary N) is 1. The third kappa shape index (κ3) is 3.25. The lowest BCUT2D eigenvalue weighted by Gasteiger charge is -2.17. The van der Waals surface area contributed by atoms with E-state index < -0.39 is 6.04 Å². The van der Waals surface area contributed by atoms with E-state index in [1.807, 2.05) is 0 Å². The Balaban J connectivity index is 1.84. The van der Waals surface area contributed by atoms with Crippen LogP contribution in [0.5, 0.6) is 5.75 Å². The Hall–Kier alpha value is -2.05. The van der Waals surface area contributed by atoms with Gasteiger partial charge in [0, 0.05) is 9.50 Å². The molecule has 1 fully saturated rings. The first-order valence-electron chi connectivity index (χ1n) is 7.22. The first-order valence-corrected chi connectivity index (χ1v) is 8.39. The third-order valence-electron chi connectivity index (χ3n) is 3.72. The molecule has 1 saturated heterocycles. The largest absolute Gasteiger partial charge is 0.495 e. The van der Waals surface area contributed by atoms with Crippen LogP contribution in [0, 0.1) is 0 Å². The first kappa shape index (κ1) is 16.8. The third-order valence-corrected chi connectivity index (χ3v) is 4.49. The lowest BCUT2D eigenvalue weighted by atomic mass is 10.2. The highest BCUT2D eigenvalue weighted by Crippen LogP contribution is 2.31. The van der Waals surface area contributed by atoms with Crippen molar-refractivity contribution in [2.75, 3.05) is 17.3 Å². The smallest absolute Gasteiger partial charge is 0.256 e. The number of ether oxygens (including phenoxy) is 1. The number of methoxy groups -OCH3 is 1. The molecule has 2 amide bonds. The summed E-state index contributed by atoms with van der Waals surface area (Å²) in [6, 6.07) is 11.4. The Morgan fingerprint density at radius 2 is 1.92 bits per heavy atom. The molecule has 3 rings (SSSR count). The quantitative estimate of drug-likeness (QED) is 0.779. The molecular weight excluding hydrogens is 396 g/mol. The molecule has 0 saturated carbocycles. The second-order valence-electron chi connectivity index (χ2n) is 5.29. The molecule has 124 valence electrons. The summed E-state index contributed by atoms with van der Waals surface area (Å²) in [4.78, 5) is 26.1. The highest BCUT2D eigenvalue weighted by Gasteiger charge is 2.39. The molecule has 0 aliphatic carbocycles. The van der Waals surface area contributed by atoms with Crippen molar-refractivity contribution in [1.82, 2.24) is 0 Å². The summed E-state index contributed by atoms with van der Waals surface area (Å²) in [6.07, 6.45) is 0.0740. The molecule has 0 aromatic heterocycles.